The fourth-order valence-corrected chi connectivity index (χ4v) is 4.99. The first-order valence-corrected chi connectivity index (χ1v) is 11.9. The summed E-state index contributed by atoms with van der Waals surface area (Å²) < 4.78 is 0. The first-order chi connectivity index (χ1) is 13.6. The summed E-state index contributed by atoms with van der Waals surface area (Å²) in [5.41, 5.74) is 6.09. The number of rotatable bonds is 11. The maximum Gasteiger partial charge on any atom is 0.216 e. The number of amides is 1. The summed E-state index contributed by atoms with van der Waals surface area (Å²) in [5, 5.41) is 0. The number of nitrogens with two attached hydrogens (primary N) is 1. The van der Waals surface area contributed by atoms with Gasteiger partial charge in [-0.1, -0.05) is 51.9 Å². The third-order valence-corrected chi connectivity index (χ3v) is 6.75. The van der Waals surface area contributed by atoms with Gasteiger partial charge in [-0.25, -0.2) is 4.99 Å². The van der Waals surface area contributed by atoms with E-state index in [1.165, 1.54) is 95.2 Å². The summed E-state index contributed by atoms with van der Waals surface area (Å²) in [7, 11) is 1.69. The molecule has 1 amide bonds. The van der Waals surface area contributed by atoms with Crippen LogP contribution in [0.2, 0.25) is 0 Å². The smallest absolute Gasteiger partial charge is 0.216 e. The number of hydrogen-bond acceptors (Lipinski definition) is 3. The van der Waals surface area contributed by atoms with Gasteiger partial charge in [-0.05, 0) is 63.5 Å². The molecule has 1 saturated heterocycles. The predicted octanol–water partition coefficient (Wildman–Crippen LogP) is 4.41. The normalized spacial score (nSPS) is 23.5. The van der Waals surface area contributed by atoms with Crippen molar-refractivity contribution in [3.05, 3.63) is 0 Å². The van der Waals surface area contributed by atoms with Gasteiger partial charge in [0.2, 0.25) is 6.41 Å². The number of unbranched alkanes of at least 4 members (excludes halogenated alkanes) is 2. The molecule has 2 atom stereocenters. The zero-order valence-corrected chi connectivity index (χ0v) is 18.5. The fourth-order valence-electron chi connectivity index (χ4n) is 4.99. The summed E-state index contributed by atoms with van der Waals surface area (Å²) in [6.07, 6.45) is 17.8. The van der Waals surface area contributed by atoms with Crippen LogP contribution in [0.25, 0.3) is 0 Å². The second kappa shape index (κ2) is 13.2. The largest absolute Gasteiger partial charge is 0.369 e. The van der Waals surface area contributed by atoms with Gasteiger partial charge in [0.1, 0.15) is 0 Å². The summed E-state index contributed by atoms with van der Waals surface area (Å²) in [5.74, 6) is 1.96. The molecule has 0 bridgehead atoms. The van der Waals surface area contributed by atoms with Crippen LogP contribution in [0, 0.1) is 11.8 Å². The van der Waals surface area contributed by atoms with Crippen LogP contribution in [0.15, 0.2) is 4.99 Å². The average Bonchev–Trinajstić information content (AvgIpc) is 2.72. The van der Waals surface area contributed by atoms with Crippen LogP contribution in [0.3, 0.4) is 0 Å². The van der Waals surface area contributed by atoms with Gasteiger partial charge < -0.3 is 10.6 Å². The third kappa shape index (κ3) is 8.50. The molecule has 0 aromatic carbocycles. The van der Waals surface area contributed by atoms with Gasteiger partial charge in [0.05, 0.1) is 6.04 Å². The highest BCUT2D eigenvalue weighted by molar-refractivity contribution is 5.87. The molecule has 0 aromatic heterocycles. The van der Waals surface area contributed by atoms with E-state index in [9.17, 15) is 4.79 Å². The third-order valence-electron chi connectivity index (χ3n) is 6.75. The van der Waals surface area contributed by atoms with Gasteiger partial charge in [0, 0.05) is 13.6 Å². The van der Waals surface area contributed by atoms with Crippen LogP contribution >= 0.6 is 0 Å². The van der Waals surface area contributed by atoms with Crippen molar-refractivity contribution in [1.82, 2.24) is 9.80 Å². The minimum atomic E-state index is 0.255. The zero-order chi connectivity index (χ0) is 20.2. The molecule has 5 nitrogen and oxygen atoms in total. The van der Waals surface area contributed by atoms with E-state index in [2.05, 4.69) is 11.8 Å². The number of carbonyl (C=O) groups is 1. The van der Waals surface area contributed by atoms with Crippen molar-refractivity contribution in [2.45, 2.75) is 96.4 Å². The molecule has 5 heteroatoms. The van der Waals surface area contributed by atoms with Crippen molar-refractivity contribution in [1.29, 1.82) is 0 Å². The van der Waals surface area contributed by atoms with Crippen LogP contribution in [-0.2, 0) is 4.79 Å². The summed E-state index contributed by atoms with van der Waals surface area (Å²) >= 11 is 0. The number of hydrogen-bond donors (Lipinski definition) is 1. The number of carbonyl (C=O) groups excluding carboxylic acids is 1. The highest BCUT2D eigenvalue weighted by Gasteiger charge is 2.24. The maximum atomic E-state index is 11.0. The van der Waals surface area contributed by atoms with Crippen LogP contribution < -0.4 is 5.73 Å². The molecule has 0 spiro atoms. The highest BCUT2D eigenvalue weighted by atomic mass is 16.1. The lowest BCUT2D eigenvalue weighted by Gasteiger charge is -2.34. The Morgan fingerprint density at radius 3 is 2.64 bits per heavy atom. The Bertz CT molecular complexity index is 462. The highest BCUT2D eigenvalue weighted by Crippen LogP contribution is 2.30. The van der Waals surface area contributed by atoms with Gasteiger partial charge in [0.25, 0.3) is 0 Å². The second-order valence-corrected chi connectivity index (χ2v) is 9.19. The number of piperidine rings is 1. The first-order valence-electron chi connectivity index (χ1n) is 11.9. The van der Waals surface area contributed by atoms with Crippen LogP contribution in [0.4, 0.5) is 0 Å². The Morgan fingerprint density at radius 1 is 1.18 bits per heavy atom. The van der Waals surface area contributed by atoms with E-state index in [-0.39, 0.29) is 6.04 Å². The van der Waals surface area contributed by atoms with Gasteiger partial charge in [-0.3, -0.25) is 9.69 Å². The van der Waals surface area contributed by atoms with Crippen LogP contribution in [-0.4, -0.2) is 54.9 Å². The Balaban J connectivity index is 1.90. The van der Waals surface area contributed by atoms with Gasteiger partial charge in [0.15, 0.2) is 5.96 Å². The van der Waals surface area contributed by atoms with Gasteiger partial charge >= 0.3 is 0 Å². The molecule has 2 rings (SSSR count). The molecular weight excluding hydrogens is 348 g/mol. The molecule has 162 valence electrons. The minimum Gasteiger partial charge on any atom is -0.369 e. The van der Waals surface area contributed by atoms with E-state index in [1.54, 1.807) is 7.05 Å². The quantitative estimate of drug-likeness (QED) is 0.245. The van der Waals surface area contributed by atoms with Crippen LogP contribution in [0.1, 0.15) is 90.4 Å². The summed E-state index contributed by atoms with van der Waals surface area (Å²) in [6.45, 7) is 5.99. The SMILES string of the molecule is CCCCCN1CCCC(C[C@@H](CCC2CCCCC2)N=C(N)N(C)C=O)C1. The summed E-state index contributed by atoms with van der Waals surface area (Å²) in [6, 6.07) is 0.255. The Hall–Kier alpha value is -1.10. The molecule has 1 heterocycles. The molecule has 28 heavy (non-hydrogen) atoms. The molecule has 1 saturated carbocycles. The molecule has 0 radical (unpaired) electrons. The van der Waals surface area contributed by atoms with Crippen molar-refractivity contribution in [3.63, 3.8) is 0 Å². The lowest BCUT2D eigenvalue weighted by Crippen LogP contribution is -2.38. The first kappa shape index (κ1) is 23.2. The van der Waals surface area contributed by atoms with E-state index in [4.69, 9.17) is 10.7 Å². The zero-order valence-electron chi connectivity index (χ0n) is 18.5. The fraction of sp³-hybridized carbons (Fsp3) is 0.913. The standard InChI is InChI=1S/C23H44N4O/c1-3-4-8-15-27-16-9-12-21(18-27)17-22(25-23(24)26(2)19-28)14-13-20-10-6-5-7-11-20/h19-22H,3-18H2,1-2H3,(H2,24,25)/t21?,22-/m1/s1. The number of aliphatic imine (C=N–C) groups is 1. The number of guanidine groups is 1. The Labute approximate surface area is 173 Å². The molecule has 2 fully saturated rings. The van der Waals surface area contributed by atoms with E-state index < -0.39 is 0 Å². The van der Waals surface area contributed by atoms with Gasteiger partial charge in [-0.15, -0.1) is 0 Å². The molecule has 2 N–H and O–H groups in total. The molecule has 1 aliphatic heterocycles. The van der Waals surface area contributed by atoms with E-state index in [1.807, 2.05) is 0 Å². The van der Waals surface area contributed by atoms with Crippen molar-refractivity contribution in [3.8, 4) is 0 Å². The lowest BCUT2D eigenvalue weighted by atomic mass is 9.83. The predicted molar refractivity (Wildman–Crippen MR) is 118 cm³/mol. The topological polar surface area (TPSA) is 61.9 Å². The Morgan fingerprint density at radius 2 is 1.93 bits per heavy atom. The molecular formula is C23H44N4O. The van der Waals surface area contributed by atoms with Crippen molar-refractivity contribution in [2.24, 2.45) is 22.6 Å². The van der Waals surface area contributed by atoms with Crippen molar-refractivity contribution in [2.75, 3.05) is 26.7 Å². The molecule has 1 unspecified atom stereocenters. The van der Waals surface area contributed by atoms with Gasteiger partial charge in [-0.2, -0.15) is 0 Å². The number of nitrogens with zero attached hydrogens (tertiary/aromatic N) is 3. The maximum absolute atomic E-state index is 11.0. The summed E-state index contributed by atoms with van der Waals surface area (Å²) in [4.78, 5) is 19.9. The monoisotopic (exact) mass is 392 g/mol. The molecule has 0 aromatic rings. The van der Waals surface area contributed by atoms with E-state index >= 15 is 0 Å². The minimum absolute atomic E-state index is 0.255. The molecule has 1 aliphatic carbocycles. The van der Waals surface area contributed by atoms with Crippen LogP contribution in [0.5, 0.6) is 0 Å². The van der Waals surface area contributed by atoms with Crippen molar-refractivity contribution >= 4 is 12.4 Å². The van der Waals surface area contributed by atoms with Crippen molar-refractivity contribution < 1.29 is 4.79 Å². The molecule has 2 aliphatic rings. The van der Waals surface area contributed by atoms with E-state index in [0.717, 1.165) is 25.2 Å². The Kier molecular flexibility index (Phi) is 10.9. The average molecular weight is 393 g/mol. The second-order valence-electron chi connectivity index (χ2n) is 9.19. The van der Waals surface area contributed by atoms with E-state index in [0.29, 0.717) is 11.9 Å². The number of likely N-dealkylation sites (tertiary alicyclic amines) is 1. The lowest BCUT2D eigenvalue weighted by molar-refractivity contribution is -0.114.